The Bertz CT molecular complexity index is 278. The molecular weight excluding hydrogens is 206 g/mol. The van der Waals surface area contributed by atoms with Gasteiger partial charge in [0.25, 0.3) is 0 Å². The lowest BCUT2D eigenvalue weighted by Crippen LogP contribution is -2.40. The third kappa shape index (κ3) is 6.83. The van der Waals surface area contributed by atoms with Crippen molar-refractivity contribution in [3.05, 3.63) is 0 Å². The fourth-order valence-electron chi connectivity index (χ4n) is 1.10. The minimum absolute atomic E-state index is 0.0671. The van der Waals surface area contributed by atoms with E-state index in [1.54, 1.807) is 12.0 Å². The van der Waals surface area contributed by atoms with Gasteiger partial charge in [0.2, 0.25) is 5.91 Å². The van der Waals surface area contributed by atoms with Gasteiger partial charge in [-0.25, -0.2) is 0 Å². The number of methoxy groups -OCH3 is 1. The standard InChI is InChI=1S/C11H17N3O2/c1-3-6-13-10-11(15)14(7-4-5-12)8-9-16-2/h1,13H,4,6-10H2,2H3. The number of carbonyl (C=O) groups excluding carboxylic acids is 1. The zero-order chi connectivity index (χ0) is 12.2. The van der Waals surface area contributed by atoms with Gasteiger partial charge >= 0.3 is 0 Å². The van der Waals surface area contributed by atoms with Crippen molar-refractivity contribution in [2.24, 2.45) is 0 Å². The summed E-state index contributed by atoms with van der Waals surface area (Å²) in [4.78, 5) is 13.3. The van der Waals surface area contributed by atoms with E-state index in [2.05, 4.69) is 11.2 Å². The first-order chi connectivity index (χ1) is 7.76. The summed E-state index contributed by atoms with van der Waals surface area (Å²) >= 11 is 0. The molecule has 16 heavy (non-hydrogen) atoms. The predicted molar refractivity (Wildman–Crippen MR) is 60.4 cm³/mol. The van der Waals surface area contributed by atoms with Crippen molar-refractivity contribution < 1.29 is 9.53 Å². The van der Waals surface area contributed by atoms with E-state index in [4.69, 9.17) is 16.4 Å². The Balaban J connectivity index is 4.00. The van der Waals surface area contributed by atoms with Crippen LogP contribution in [-0.2, 0) is 9.53 Å². The lowest BCUT2D eigenvalue weighted by atomic mass is 10.3. The number of hydrogen-bond acceptors (Lipinski definition) is 4. The quantitative estimate of drug-likeness (QED) is 0.449. The van der Waals surface area contributed by atoms with Crippen molar-refractivity contribution >= 4 is 5.91 Å². The van der Waals surface area contributed by atoms with Gasteiger partial charge in [-0.05, 0) is 0 Å². The third-order valence-electron chi connectivity index (χ3n) is 1.91. The van der Waals surface area contributed by atoms with Gasteiger partial charge in [0.15, 0.2) is 0 Å². The largest absolute Gasteiger partial charge is 0.383 e. The highest BCUT2D eigenvalue weighted by atomic mass is 16.5. The number of hydrogen-bond donors (Lipinski definition) is 1. The summed E-state index contributed by atoms with van der Waals surface area (Å²) in [6.07, 6.45) is 5.37. The van der Waals surface area contributed by atoms with Crippen LogP contribution < -0.4 is 5.32 Å². The van der Waals surface area contributed by atoms with Gasteiger partial charge in [-0.3, -0.25) is 10.1 Å². The zero-order valence-corrected chi connectivity index (χ0v) is 9.53. The zero-order valence-electron chi connectivity index (χ0n) is 9.53. The highest BCUT2D eigenvalue weighted by Crippen LogP contribution is 1.92. The summed E-state index contributed by atoms with van der Waals surface area (Å²) < 4.78 is 4.90. The van der Waals surface area contributed by atoms with Crippen molar-refractivity contribution in [2.75, 3.05) is 39.9 Å². The monoisotopic (exact) mass is 223 g/mol. The van der Waals surface area contributed by atoms with E-state index in [0.717, 1.165) is 0 Å². The van der Waals surface area contributed by atoms with E-state index in [0.29, 0.717) is 32.7 Å². The molecule has 5 heteroatoms. The number of nitriles is 1. The second-order valence-electron chi connectivity index (χ2n) is 3.09. The topological polar surface area (TPSA) is 65.4 Å². The fraction of sp³-hybridized carbons (Fsp3) is 0.636. The van der Waals surface area contributed by atoms with Crippen LogP contribution >= 0.6 is 0 Å². The molecule has 88 valence electrons. The minimum Gasteiger partial charge on any atom is -0.383 e. The molecule has 0 spiro atoms. The molecular formula is C11H17N3O2. The number of ether oxygens (including phenoxy) is 1. The maximum Gasteiger partial charge on any atom is 0.236 e. The molecule has 0 aromatic rings. The Labute approximate surface area is 96.4 Å². The summed E-state index contributed by atoms with van der Waals surface area (Å²) in [6, 6.07) is 2.01. The van der Waals surface area contributed by atoms with E-state index >= 15 is 0 Å². The summed E-state index contributed by atoms with van der Waals surface area (Å²) in [7, 11) is 1.57. The highest BCUT2D eigenvalue weighted by Gasteiger charge is 2.11. The average molecular weight is 223 g/mol. The maximum atomic E-state index is 11.7. The Morgan fingerprint density at radius 1 is 1.56 bits per heavy atom. The summed E-state index contributed by atoms with van der Waals surface area (Å²) in [6.45, 7) is 1.94. The van der Waals surface area contributed by atoms with Crippen LogP contribution in [0.3, 0.4) is 0 Å². The van der Waals surface area contributed by atoms with Gasteiger partial charge in [0.05, 0.1) is 32.2 Å². The molecule has 1 amide bonds. The number of amides is 1. The molecule has 0 aliphatic carbocycles. The van der Waals surface area contributed by atoms with E-state index in [1.807, 2.05) is 6.07 Å². The molecule has 0 aliphatic heterocycles. The van der Waals surface area contributed by atoms with Gasteiger partial charge in [-0.2, -0.15) is 5.26 Å². The molecule has 0 unspecified atom stereocenters. The molecule has 0 fully saturated rings. The van der Waals surface area contributed by atoms with Gasteiger partial charge < -0.3 is 9.64 Å². The SMILES string of the molecule is C#CCNCC(=O)N(CCC#N)CCOC. The Morgan fingerprint density at radius 2 is 2.31 bits per heavy atom. The summed E-state index contributed by atoms with van der Waals surface area (Å²) in [5, 5.41) is 11.3. The molecule has 0 rings (SSSR count). The minimum atomic E-state index is -0.0671. The van der Waals surface area contributed by atoms with E-state index in [-0.39, 0.29) is 12.5 Å². The molecule has 0 atom stereocenters. The molecule has 0 aromatic carbocycles. The maximum absolute atomic E-state index is 11.7. The van der Waals surface area contributed by atoms with Gasteiger partial charge in [-0.15, -0.1) is 6.42 Å². The smallest absolute Gasteiger partial charge is 0.236 e. The Morgan fingerprint density at radius 3 is 2.88 bits per heavy atom. The van der Waals surface area contributed by atoms with Crippen LogP contribution in [0.15, 0.2) is 0 Å². The molecule has 0 saturated heterocycles. The number of nitrogens with one attached hydrogen (secondary N) is 1. The Hall–Kier alpha value is -1.56. The summed E-state index contributed by atoms with van der Waals surface area (Å²) in [5.74, 6) is 2.32. The highest BCUT2D eigenvalue weighted by molar-refractivity contribution is 5.78. The number of terminal acetylenes is 1. The van der Waals surface area contributed by atoms with Gasteiger partial charge in [0.1, 0.15) is 0 Å². The lowest BCUT2D eigenvalue weighted by Gasteiger charge is -2.21. The molecule has 0 aliphatic rings. The average Bonchev–Trinajstić information content (AvgIpc) is 2.29. The van der Waals surface area contributed by atoms with Crippen molar-refractivity contribution in [2.45, 2.75) is 6.42 Å². The molecule has 0 aromatic heterocycles. The fourth-order valence-corrected chi connectivity index (χ4v) is 1.10. The molecule has 0 radical (unpaired) electrons. The first-order valence-corrected chi connectivity index (χ1v) is 5.04. The van der Waals surface area contributed by atoms with Crippen LogP contribution in [0.25, 0.3) is 0 Å². The first-order valence-electron chi connectivity index (χ1n) is 5.04. The van der Waals surface area contributed by atoms with E-state index in [1.165, 1.54) is 0 Å². The van der Waals surface area contributed by atoms with E-state index < -0.39 is 0 Å². The van der Waals surface area contributed by atoms with Crippen LogP contribution in [0.2, 0.25) is 0 Å². The molecule has 0 heterocycles. The van der Waals surface area contributed by atoms with Crippen molar-refractivity contribution in [3.8, 4) is 18.4 Å². The third-order valence-corrected chi connectivity index (χ3v) is 1.91. The lowest BCUT2D eigenvalue weighted by molar-refractivity contribution is -0.130. The second-order valence-corrected chi connectivity index (χ2v) is 3.09. The van der Waals surface area contributed by atoms with Crippen LogP contribution in [0, 0.1) is 23.7 Å². The molecule has 5 nitrogen and oxygen atoms in total. The normalized spacial score (nSPS) is 9.19. The number of rotatable bonds is 8. The predicted octanol–water partition coefficient (Wildman–Crippen LogP) is -0.402. The van der Waals surface area contributed by atoms with E-state index in [9.17, 15) is 4.79 Å². The molecule has 1 N–H and O–H groups in total. The van der Waals surface area contributed by atoms with Crippen molar-refractivity contribution in [1.29, 1.82) is 5.26 Å². The van der Waals surface area contributed by atoms with Crippen LogP contribution in [0.4, 0.5) is 0 Å². The number of nitrogens with zero attached hydrogens (tertiary/aromatic N) is 2. The van der Waals surface area contributed by atoms with Crippen LogP contribution in [0.1, 0.15) is 6.42 Å². The van der Waals surface area contributed by atoms with Crippen LogP contribution in [0.5, 0.6) is 0 Å². The Kier molecular flexibility index (Phi) is 9.00. The van der Waals surface area contributed by atoms with Crippen molar-refractivity contribution in [1.82, 2.24) is 10.2 Å². The van der Waals surface area contributed by atoms with Crippen LogP contribution in [-0.4, -0.2) is 50.7 Å². The first kappa shape index (κ1) is 14.4. The summed E-state index contributed by atoms with van der Waals surface area (Å²) in [5.41, 5.74) is 0. The number of carbonyl (C=O) groups is 1. The van der Waals surface area contributed by atoms with Gasteiger partial charge in [-0.1, -0.05) is 5.92 Å². The second kappa shape index (κ2) is 9.97. The molecule has 0 saturated carbocycles. The van der Waals surface area contributed by atoms with Gasteiger partial charge in [0, 0.05) is 20.2 Å². The molecule has 0 bridgehead atoms. The van der Waals surface area contributed by atoms with Crippen molar-refractivity contribution in [3.63, 3.8) is 0 Å².